The van der Waals surface area contributed by atoms with Crippen molar-refractivity contribution in [3.63, 3.8) is 0 Å². The fourth-order valence-corrected chi connectivity index (χ4v) is 8.25. The molecule has 1 aromatic heterocycles. The molecule has 8 aromatic rings. The second kappa shape index (κ2) is 14.6. The van der Waals surface area contributed by atoms with Gasteiger partial charge in [0.25, 0.3) is 0 Å². The van der Waals surface area contributed by atoms with Crippen molar-refractivity contribution >= 4 is 51.2 Å². The maximum atomic E-state index is 5.21. The highest BCUT2D eigenvalue weighted by atomic mass is 15.3. The lowest BCUT2D eigenvalue weighted by Gasteiger charge is -2.27. The lowest BCUT2D eigenvalue weighted by Crippen LogP contribution is -2.55. The number of hydrogen-bond donors (Lipinski definition) is 0. The minimum Gasteiger partial charge on any atom is -0.278 e. The van der Waals surface area contributed by atoms with Crippen molar-refractivity contribution in [1.82, 2.24) is 15.0 Å². The van der Waals surface area contributed by atoms with E-state index in [1.807, 2.05) is 36.4 Å². The normalized spacial score (nSPS) is 11.1. The van der Waals surface area contributed by atoms with Crippen LogP contribution in [0, 0.1) is 41.5 Å². The third-order valence-corrected chi connectivity index (χ3v) is 10.4. The lowest BCUT2D eigenvalue weighted by atomic mass is 9.34. The van der Waals surface area contributed by atoms with Crippen LogP contribution in [0.15, 0.2) is 152 Å². The summed E-state index contributed by atoms with van der Waals surface area (Å²) in [5, 5.41) is 2.26. The highest BCUT2D eigenvalue weighted by molar-refractivity contribution is 6.96. The third-order valence-electron chi connectivity index (χ3n) is 10.4. The number of aromatic nitrogens is 3. The van der Waals surface area contributed by atoms with Crippen molar-refractivity contribution in [3.05, 3.63) is 185 Å². The van der Waals surface area contributed by atoms with Crippen LogP contribution < -0.4 is 21.3 Å². The van der Waals surface area contributed by atoms with Crippen LogP contribution in [0.25, 0.3) is 33.5 Å². The third kappa shape index (κ3) is 6.70. The molecule has 0 aliphatic heterocycles. The highest BCUT2D eigenvalue weighted by Gasteiger charge is 2.29. The van der Waals surface area contributed by atoms with E-state index >= 15 is 0 Å². The summed E-state index contributed by atoms with van der Waals surface area (Å²) >= 11 is 0. The molecule has 0 fully saturated rings. The van der Waals surface area contributed by atoms with Gasteiger partial charge in [-0.15, -0.1) is 0 Å². The molecule has 5 heteroatoms. The van der Waals surface area contributed by atoms with Gasteiger partial charge >= 0.3 is 0 Å². The minimum absolute atomic E-state index is 0.0674. The molecular formula is C49H43BN4. The van der Waals surface area contributed by atoms with E-state index < -0.39 is 0 Å². The predicted octanol–water partition coefficient (Wildman–Crippen LogP) is 10.2. The van der Waals surface area contributed by atoms with E-state index in [4.69, 9.17) is 15.0 Å². The van der Waals surface area contributed by atoms with Crippen LogP contribution >= 0.6 is 0 Å². The van der Waals surface area contributed by atoms with Crippen LogP contribution in [0.3, 0.4) is 0 Å². The van der Waals surface area contributed by atoms with E-state index in [0.29, 0.717) is 17.6 Å². The van der Waals surface area contributed by atoms with E-state index in [0.717, 1.165) is 33.3 Å². The van der Waals surface area contributed by atoms with Crippen molar-refractivity contribution in [2.75, 3.05) is 4.90 Å². The first-order valence-electron chi connectivity index (χ1n) is 18.7. The molecule has 0 amide bonds. The Hall–Kier alpha value is -6.33. The Morgan fingerprint density at radius 1 is 0.444 bits per heavy atom. The van der Waals surface area contributed by atoms with Crippen LogP contribution in [0.2, 0.25) is 0 Å². The van der Waals surface area contributed by atoms with Gasteiger partial charge in [-0.25, -0.2) is 4.98 Å². The van der Waals surface area contributed by atoms with Gasteiger partial charge in [-0.1, -0.05) is 183 Å². The fourth-order valence-electron chi connectivity index (χ4n) is 8.25. The fraction of sp³-hybridized carbons (Fsp3) is 0.122. The van der Waals surface area contributed by atoms with Crippen molar-refractivity contribution in [2.45, 2.75) is 41.5 Å². The summed E-state index contributed by atoms with van der Waals surface area (Å²) in [6, 6.07) is 53.6. The summed E-state index contributed by atoms with van der Waals surface area (Å²) in [5.41, 5.74) is 15.6. The van der Waals surface area contributed by atoms with Gasteiger partial charge in [0, 0.05) is 22.2 Å². The van der Waals surface area contributed by atoms with E-state index in [1.54, 1.807) is 0 Å². The maximum absolute atomic E-state index is 5.21. The van der Waals surface area contributed by atoms with E-state index in [9.17, 15) is 0 Å². The zero-order valence-corrected chi connectivity index (χ0v) is 31.8. The molecule has 0 N–H and O–H groups in total. The second-order valence-corrected chi connectivity index (χ2v) is 14.5. The molecule has 1 heterocycles. The van der Waals surface area contributed by atoms with Crippen LogP contribution in [-0.2, 0) is 0 Å². The molecule has 54 heavy (non-hydrogen) atoms. The average molecular weight is 699 g/mol. The van der Waals surface area contributed by atoms with Crippen LogP contribution in [-0.4, -0.2) is 21.7 Å². The molecule has 0 saturated carbocycles. The van der Waals surface area contributed by atoms with E-state index in [1.165, 1.54) is 49.8 Å². The van der Waals surface area contributed by atoms with Gasteiger partial charge in [0.1, 0.15) is 0 Å². The number of hydrogen-bond acceptors (Lipinski definition) is 4. The molecule has 0 bridgehead atoms. The predicted molar refractivity (Wildman–Crippen MR) is 229 cm³/mol. The van der Waals surface area contributed by atoms with Gasteiger partial charge in [0.2, 0.25) is 12.7 Å². The minimum atomic E-state index is 0.0674. The number of rotatable bonds is 8. The molecule has 4 nitrogen and oxygen atoms in total. The zero-order chi connectivity index (χ0) is 37.3. The van der Waals surface area contributed by atoms with Gasteiger partial charge in [-0.2, -0.15) is 9.97 Å². The molecule has 0 unspecified atom stereocenters. The van der Waals surface area contributed by atoms with Crippen molar-refractivity contribution < 1.29 is 0 Å². The van der Waals surface area contributed by atoms with E-state index in [-0.39, 0.29) is 6.71 Å². The Labute approximate surface area is 319 Å². The molecule has 0 aliphatic carbocycles. The van der Waals surface area contributed by atoms with Gasteiger partial charge in [0.15, 0.2) is 11.6 Å². The Kier molecular flexibility index (Phi) is 9.39. The Morgan fingerprint density at radius 3 is 1.43 bits per heavy atom. The number of anilines is 3. The van der Waals surface area contributed by atoms with E-state index in [2.05, 4.69) is 162 Å². The summed E-state index contributed by atoms with van der Waals surface area (Å²) in [6.07, 6.45) is 0. The highest BCUT2D eigenvalue weighted by Crippen LogP contribution is 2.38. The summed E-state index contributed by atoms with van der Waals surface area (Å²) in [7, 11) is 0. The van der Waals surface area contributed by atoms with Gasteiger partial charge in [0.05, 0.1) is 5.69 Å². The Balaban J connectivity index is 1.35. The smallest absolute Gasteiger partial charge is 0.242 e. The molecule has 262 valence electrons. The average Bonchev–Trinajstić information content (AvgIpc) is 3.18. The number of fused-ring (bicyclic) bond motifs is 1. The molecule has 0 aliphatic rings. The SMILES string of the molecule is Cc1cc(C)c(B(c2ccc(N(c3nc(-c4ccccc4)nc(-c4ccccc4)n3)c3cccc4ccccc34)cc2)c2c(C)cc(C)cc2C)c(C)c1. The standard InChI is InChI=1S/C49H43BN4/c1-32-28-34(3)45(35(4)29-32)50(46-36(5)30-33(2)31-37(46)6)41-24-26-42(27-25-41)54(44-23-15-21-38-16-13-14-22-43(38)44)49-52-47(39-17-9-7-10-18-39)51-48(53-49)40-19-11-8-12-20-40/h7-31H,1-6H3. The van der Waals surface area contributed by atoms with Gasteiger partial charge < -0.3 is 0 Å². The Morgan fingerprint density at radius 2 is 0.907 bits per heavy atom. The topological polar surface area (TPSA) is 41.9 Å². The first-order valence-corrected chi connectivity index (χ1v) is 18.7. The van der Waals surface area contributed by atoms with Crippen molar-refractivity contribution in [3.8, 4) is 22.8 Å². The molecule has 8 rings (SSSR count). The number of aryl methyl sites for hydroxylation is 6. The number of benzene rings is 7. The second-order valence-electron chi connectivity index (χ2n) is 14.5. The molecular weight excluding hydrogens is 655 g/mol. The van der Waals surface area contributed by atoms with Crippen molar-refractivity contribution in [2.24, 2.45) is 0 Å². The largest absolute Gasteiger partial charge is 0.278 e. The van der Waals surface area contributed by atoms with Crippen LogP contribution in [0.4, 0.5) is 17.3 Å². The number of nitrogens with zero attached hydrogens (tertiary/aromatic N) is 4. The Bertz CT molecular complexity index is 2450. The maximum Gasteiger partial charge on any atom is 0.242 e. The molecule has 0 spiro atoms. The first kappa shape index (κ1) is 34.7. The monoisotopic (exact) mass is 698 g/mol. The summed E-state index contributed by atoms with van der Waals surface area (Å²) in [5.74, 6) is 1.80. The summed E-state index contributed by atoms with van der Waals surface area (Å²) in [6.45, 7) is 13.5. The summed E-state index contributed by atoms with van der Waals surface area (Å²) in [4.78, 5) is 17.6. The lowest BCUT2D eigenvalue weighted by molar-refractivity contribution is 1.02. The summed E-state index contributed by atoms with van der Waals surface area (Å²) < 4.78 is 0. The van der Waals surface area contributed by atoms with Crippen LogP contribution in [0.1, 0.15) is 33.4 Å². The molecule has 7 aromatic carbocycles. The molecule has 0 atom stereocenters. The van der Waals surface area contributed by atoms with Crippen LogP contribution in [0.5, 0.6) is 0 Å². The quantitative estimate of drug-likeness (QED) is 0.148. The van der Waals surface area contributed by atoms with Crippen molar-refractivity contribution in [1.29, 1.82) is 0 Å². The van der Waals surface area contributed by atoms with Gasteiger partial charge in [-0.3, -0.25) is 4.90 Å². The first-order chi connectivity index (χ1) is 26.2. The molecule has 0 saturated heterocycles. The molecule has 0 radical (unpaired) electrons. The van der Waals surface area contributed by atoms with Gasteiger partial charge in [-0.05, 0) is 65.1 Å². The zero-order valence-electron chi connectivity index (χ0n) is 31.8.